The Morgan fingerprint density at radius 3 is 2.44 bits per heavy atom. The minimum atomic E-state index is 0.0272. The van der Waals surface area contributed by atoms with Crippen LogP contribution in [0.3, 0.4) is 0 Å². The van der Waals surface area contributed by atoms with Crippen molar-refractivity contribution in [2.45, 2.75) is 13.8 Å². The second-order valence-electron chi connectivity index (χ2n) is 4.27. The molecule has 2 aromatic rings. The highest BCUT2D eigenvalue weighted by Crippen LogP contribution is 2.22. The second kappa shape index (κ2) is 5.41. The summed E-state index contributed by atoms with van der Waals surface area (Å²) >= 11 is 8.12. The van der Waals surface area contributed by atoms with Crippen LogP contribution in [-0.4, -0.2) is 5.78 Å². The second-order valence-corrected chi connectivity index (χ2v) is 5.87. The first-order valence-corrected chi connectivity index (χ1v) is 7.01. The predicted octanol–water partition coefficient (Wildman–Crippen LogP) is 4.79. The molecule has 0 aliphatic heterocycles. The van der Waals surface area contributed by atoms with Gasteiger partial charge >= 0.3 is 0 Å². The van der Waals surface area contributed by atoms with Crippen LogP contribution >= 0.6 is 34.2 Å². The smallest absolute Gasteiger partial charge is 0.194 e. The largest absolute Gasteiger partial charge is 0.289 e. The molecule has 0 amide bonds. The minimum absolute atomic E-state index is 0.0272. The number of ketones is 1. The minimum Gasteiger partial charge on any atom is -0.289 e. The molecule has 0 saturated heterocycles. The fourth-order valence-corrected chi connectivity index (χ4v) is 2.64. The maximum Gasteiger partial charge on any atom is 0.194 e. The summed E-state index contributed by atoms with van der Waals surface area (Å²) in [4.78, 5) is 12.5. The van der Waals surface area contributed by atoms with E-state index in [2.05, 4.69) is 22.6 Å². The Bertz CT molecular complexity index is 620. The molecule has 0 fully saturated rings. The van der Waals surface area contributed by atoms with Crippen LogP contribution in [-0.2, 0) is 0 Å². The highest BCUT2D eigenvalue weighted by Gasteiger charge is 2.15. The fraction of sp³-hybridized carbons (Fsp3) is 0.133. The summed E-state index contributed by atoms with van der Waals surface area (Å²) in [7, 11) is 0. The number of aryl methyl sites for hydroxylation is 2. The SMILES string of the molecule is Cc1ccc(C(=O)c2cc(Cl)ccc2I)c(C)c1. The van der Waals surface area contributed by atoms with Crippen molar-refractivity contribution in [1.82, 2.24) is 0 Å². The van der Waals surface area contributed by atoms with Gasteiger partial charge in [0.15, 0.2) is 5.78 Å². The van der Waals surface area contributed by atoms with Crippen LogP contribution in [0.5, 0.6) is 0 Å². The zero-order valence-corrected chi connectivity index (χ0v) is 13.0. The summed E-state index contributed by atoms with van der Waals surface area (Å²) in [5.74, 6) is 0.0272. The molecule has 0 radical (unpaired) electrons. The number of carbonyl (C=O) groups excluding carboxylic acids is 1. The van der Waals surface area contributed by atoms with Gasteiger partial charge < -0.3 is 0 Å². The molecule has 0 spiro atoms. The lowest BCUT2D eigenvalue weighted by Gasteiger charge is -2.08. The van der Waals surface area contributed by atoms with Crippen LogP contribution in [0.1, 0.15) is 27.0 Å². The highest BCUT2D eigenvalue weighted by molar-refractivity contribution is 14.1. The van der Waals surface area contributed by atoms with E-state index < -0.39 is 0 Å². The van der Waals surface area contributed by atoms with Crippen molar-refractivity contribution >= 4 is 40.0 Å². The first-order valence-electron chi connectivity index (χ1n) is 5.56. The van der Waals surface area contributed by atoms with Crippen molar-refractivity contribution in [1.29, 1.82) is 0 Å². The topological polar surface area (TPSA) is 17.1 Å². The molecule has 0 aliphatic carbocycles. The molecule has 0 heterocycles. The first-order chi connectivity index (χ1) is 8.49. The first kappa shape index (κ1) is 13.6. The quantitative estimate of drug-likeness (QED) is 0.548. The molecule has 2 rings (SSSR count). The van der Waals surface area contributed by atoms with Gasteiger partial charge in [0.1, 0.15) is 0 Å². The molecule has 1 nitrogen and oxygen atoms in total. The number of benzene rings is 2. The summed E-state index contributed by atoms with van der Waals surface area (Å²) in [5.41, 5.74) is 3.55. The molecule has 0 atom stereocenters. The Kier molecular flexibility index (Phi) is 4.07. The Morgan fingerprint density at radius 1 is 1.06 bits per heavy atom. The number of rotatable bonds is 2. The molecule has 92 valence electrons. The molecule has 2 aromatic carbocycles. The van der Waals surface area contributed by atoms with Gasteiger partial charge in [0.25, 0.3) is 0 Å². The zero-order valence-electron chi connectivity index (χ0n) is 10.1. The van der Waals surface area contributed by atoms with Crippen LogP contribution in [0.2, 0.25) is 5.02 Å². The zero-order chi connectivity index (χ0) is 13.3. The number of halogens is 2. The Morgan fingerprint density at radius 2 is 1.78 bits per heavy atom. The summed E-state index contributed by atoms with van der Waals surface area (Å²) in [6, 6.07) is 11.2. The summed E-state index contributed by atoms with van der Waals surface area (Å²) < 4.78 is 0.918. The Balaban J connectivity index is 2.51. The fourth-order valence-electron chi connectivity index (χ4n) is 1.88. The maximum atomic E-state index is 12.5. The van der Waals surface area contributed by atoms with E-state index in [4.69, 9.17) is 11.6 Å². The normalized spacial score (nSPS) is 10.4. The van der Waals surface area contributed by atoms with Gasteiger partial charge in [-0.25, -0.2) is 0 Å². The van der Waals surface area contributed by atoms with E-state index in [0.717, 1.165) is 20.3 Å². The van der Waals surface area contributed by atoms with Crippen molar-refractivity contribution in [3.05, 3.63) is 67.2 Å². The van der Waals surface area contributed by atoms with Gasteiger partial charge in [0.2, 0.25) is 0 Å². The van der Waals surface area contributed by atoms with E-state index in [1.165, 1.54) is 0 Å². The van der Waals surface area contributed by atoms with Crippen LogP contribution in [0.15, 0.2) is 36.4 Å². The maximum absolute atomic E-state index is 12.5. The van der Waals surface area contributed by atoms with Gasteiger partial charge in [0, 0.05) is 19.7 Å². The van der Waals surface area contributed by atoms with Gasteiger partial charge in [-0.1, -0.05) is 35.4 Å². The average Bonchev–Trinajstić information content (AvgIpc) is 2.31. The molecule has 0 saturated carbocycles. The van der Waals surface area contributed by atoms with Gasteiger partial charge in [0.05, 0.1) is 0 Å². The van der Waals surface area contributed by atoms with Crippen LogP contribution in [0.4, 0.5) is 0 Å². The number of hydrogen-bond donors (Lipinski definition) is 0. The molecule has 3 heteroatoms. The summed E-state index contributed by atoms with van der Waals surface area (Å²) in [6.07, 6.45) is 0. The number of hydrogen-bond acceptors (Lipinski definition) is 1. The lowest BCUT2D eigenvalue weighted by molar-refractivity contribution is 0.103. The van der Waals surface area contributed by atoms with E-state index in [1.54, 1.807) is 12.1 Å². The third-order valence-electron chi connectivity index (χ3n) is 2.80. The van der Waals surface area contributed by atoms with Crippen molar-refractivity contribution in [3.63, 3.8) is 0 Å². The Hall–Kier alpha value is -0.870. The molecular weight excluding hydrogens is 359 g/mol. The van der Waals surface area contributed by atoms with Gasteiger partial charge in [-0.05, 0) is 60.2 Å². The molecule has 18 heavy (non-hydrogen) atoms. The third-order valence-corrected chi connectivity index (χ3v) is 3.98. The molecule has 0 aliphatic rings. The standard InChI is InChI=1S/C15H12ClIO/c1-9-3-5-12(10(2)7-9)15(18)13-8-11(16)4-6-14(13)17/h3-8H,1-2H3. The van der Waals surface area contributed by atoms with Crippen molar-refractivity contribution in [2.75, 3.05) is 0 Å². The van der Waals surface area contributed by atoms with Crippen LogP contribution in [0.25, 0.3) is 0 Å². The number of carbonyl (C=O) groups is 1. The van der Waals surface area contributed by atoms with Crippen LogP contribution in [0, 0.1) is 17.4 Å². The van der Waals surface area contributed by atoms with Crippen LogP contribution < -0.4 is 0 Å². The van der Waals surface area contributed by atoms with Crippen molar-refractivity contribution in [2.24, 2.45) is 0 Å². The molecule has 0 aromatic heterocycles. The summed E-state index contributed by atoms with van der Waals surface area (Å²) in [6.45, 7) is 3.97. The molecular formula is C15H12ClIO. The average molecular weight is 371 g/mol. The highest BCUT2D eigenvalue weighted by atomic mass is 127. The lowest BCUT2D eigenvalue weighted by atomic mass is 9.98. The Labute approximate surface area is 125 Å². The van der Waals surface area contributed by atoms with Gasteiger partial charge in [-0.2, -0.15) is 0 Å². The van der Waals surface area contributed by atoms with E-state index in [1.807, 2.05) is 38.1 Å². The van der Waals surface area contributed by atoms with Gasteiger partial charge in [-0.3, -0.25) is 4.79 Å². The predicted molar refractivity (Wildman–Crippen MR) is 83.5 cm³/mol. The monoisotopic (exact) mass is 370 g/mol. The van der Waals surface area contributed by atoms with Crippen molar-refractivity contribution in [3.8, 4) is 0 Å². The van der Waals surface area contributed by atoms with E-state index in [0.29, 0.717) is 10.6 Å². The van der Waals surface area contributed by atoms with E-state index in [-0.39, 0.29) is 5.78 Å². The lowest BCUT2D eigenvalue weighted by Crippen LogP contribution is -2.06. The van der Waals surface area contributed by atoms with Crippen molar-refractivity contribution < 1.29 is 4.79 Å². The van der Waals surface area contributed by atoms with E-state index in [9.17, 15) is 4.79 Å². The molecule has 0 bridgehead atoms. The third kappa shape index (κ3) is 2.75. The molecule has 0 unspecified atom stereocenters. The summed E-state index contributed by atoms with van der Waals surface area (Å²) in [5, 5.41) is 0.587. The van der Waals surface area contributed by atoms with Gasteiger partial charge in [-0.15, -0.1) is 0 Å². The molecule has 0 N–H and O–H groups in total. The van der Waals surface area contributed by atoms with E-state index >= 15 is 0 Å².